The molecule has 1 rings (SSSR count). The largest absolute Gasteiger partial charge is 0.356 e. The van der Waals surface area contributed by atoms with Crippen LogP contribution in [0.25, 0.3) is 0 Å². The molecule has 0 aliphatic rings. The van der Waals surface area contributed by atoms with Crippen molar-refractivity contribution in [2.75, 3.05) is 25.6 Å². The Morgan fingerprint density at radius 3 is 2.41 bits per heavy atom. The fourth-order valence-electron chi connectivity index (χ4n) is 2.34. The van der Waals surface area contributed by atoms with Gasteiger partial charge in [-0.15, -0.1) is 24.0 Å². The Bertz CT molecular complexity index is 708. The smallest absolute Gasteiger partial charge is 0.269 e. The monoisotopic (exact) mass is 512 g/mol. The lowest BCUT2D eigenvalue weighted by molar-refractivity contribution is -0.384. The van der Waals surface area contributed by atoms with Crippen molar-refractivity contribution in [3.63, 3.8) is 0 Å². The van der Waals surface area contributed by atoms with E-state index in [0.717, 1.165) is 31.4 Å². The first-order valence-corrected chi connectivity index (χ1v) is 10.7. The third-order valence-corrected chi connectivity index (χ3v) is 4.84. The molecule has 0 bridgehead atoms. The molecule has 1 unspecified atom stereocenters. The number of hydrogen-bond donors (Lipinski definition) is 2. The molecular weight excluding hydrogens is 483 g/mol. The van der Waals surface area contributed by atoms with Crippen molar-refractivity contribution < 1.29 is 13.3 Å². The van der Waals surface area contributed by atoms with Gasteiger partial charge in [0.1, 0.15) is 9.84 Å². The molecule has 8 nitrogen and oxygen atoms in total. The lowest BCUT2D eigenvalue weighted by Crippen LogP contribution is -2.43. The predicted octanol–water partition coefficient (Wildman–Crippen LogP) is 2.52. The van der Waals surface area contributed by atoms with Crippen LogP contribution in [0.3, 0.4) is 0 Å². The highest BCUT2D eigenvalue weighted by atomic mass is 127. The summed E-state index contributed by atoms with van der Waals surface area (Å²) in [6, 6.07) is 6.63. The van der Waals surface area contributed by atoms with E-state index in [1.165, 1.54) is 18.4 Å². The third kappa shape index (κ3) is 11.8. The fraction of sp³-hybridized carbons (Fsp3) is 0.588. The number of halogens is 1. The lowest BCUT2D eigenvalue weighted by Gasteiger charge is -2.17. The SMILES string of the molecule is CN=C(NCCCCc1ccc([N+](=O)[O-])cc1)NC(C)CCS(C)(=O)=O.I. The zero-order valence-corrected chi connectivity index (χ0v) is 19.1. The van der Waals surface area contributed by atoms with Gasteiger partial charge in [-0.25, -0.2) is 8.42 Å². The van der Waals surface area contributed by atoms with Gasteiger partial charge in [0.15, 0.2) is 5.96 Å². The van der Waals surface area contributed by atoms with Gasteiger partial charge >= 0.3 is 0 Å². The van der Waals surface area contributed by atoms with Gasteiger partial charge in [-0.3, -0.25) is 15.1 Å². The van der Waals surface area contributed by atoms with Crippen LogP contribution in [0.2, 0.25) is 0 Å². The number of guanidine groups is 1. The fourth-order valence-corrected chi connectivity index (χ4v) is 3.12. The number of aryl methyl sites for hydroxylation is 1. The molecule has 27 heavy (non-hydrogen) atoms. The van der Waals surface area contributed by atoms with E-state index in [9.17, 15) is 18.5 Å². The molecule has 0 amide bonds. The summed E-state index contributed by atoms with van der Waals surface area (Å²) >= 11 is 0. The molecule has 10 heteroatoms. The van der Waals surface area contributed by atoms with Gasteiger partial charge < -0.3 is 10.6 Å². The van der Waals surface area contributed by atoms with Gasteiger partial charge in [0.05, 0.1) is 10.7 Å². The molecule has 1 atom stereocenters. The first-order valence-electron chi connectivity index (χ1n) is 8.59. The predicted molar refractivity (Wildman–Crippen MR) is 120 cm³/mol. The number of aliphatic imine (C=N–C) groups is 1. The number of hydrogen-bond acceptors (Lipinski definition) is 5. The minimum Gasteiger partial charge on any atom is -0.356 e. The summed E-state index contributed by atoms with van der Waals surface area (Å²) in [6.45, 7) is 2.66. The molecule has 0 radical (unpaired) electrons. The number of non-ortho nitro benzene ring substituents is 1. The van der Waals surface area contributed by atoms with Crippen LogP contribution in [0.1, 0.15) is 31.7 Å². The Kier molecular flexibility index (Phi) is 12.2. The van der Waals surface area contributed by atoms with Gasteiger partial charge in [0.25, 0.3) is 5.69 Å². The maximum atomic E-state index is 11.2. The number of nitrogens with zero attached hydrogens (tertiary/aromatic N) is 2. The van der Waals surface area contributed by atoms with Gasteiger partial charge in [-0.1, -0.05) is 12.1 Å². The highest BCUT2D eigenvalue weighted by molar-refractivity contribution is 14.0. The van der Waals surface area contributed by atoms with Crippen LogP contribution >= 0.6 is 24.0 Å². The number of unbranched alkanes of at least 4 members (excludes halogenated alkanes) is 1. The van der Waals surface area contributed by atoms with Crippen molar-refractivity contribution in [3.8, 4) is 0 Å². The number of rotatable bonds is 10. The van der Waals surface area contributed by atoms with Crippen LogP contribution in [0.15, 0.2) is 29.3 Å². The molecule has 0 saturated carbocycles. The van der Waals surface area contributed by atoms with Crippen molar-refractivity contribution in [3.05, 3.63) is 39.9 Å². The normalized spacial score (nSPS) is 12.8. The Morgan fingerprint density at radius 2 is 1.89 bits per heavy atom. The number of nitrogens with one attached hydrogen (secondary N) is 2. The molecule has 0 fully saturated rings. The summed E-state index contributed by atoms with van der Waals surface area (Å²) in [7, 11) is -1.28. The summed E-state index contributed by atoms with van der Waals surface area (Å²) in [6.07, 6.45) is 4.49. The average molecular weight is 512 g/mol. The number of nitro groups is 1. The maximum absolute atomic E-state index is 11.2. The molecule has 0 aliphatic carbocycles. The summed E-state index contributed by atoms with van der Waals surface area (Å²) < 4.78 is 22.4. The molecule has 0 heterocycles. The molecule has 0 saturated heterocycles. The molecule has 0 aliphatic heterocycles. The summed E-state index contributed by atoms with van der Waals surface area (Å²) in [4.78, 5) is 14.4. The van der Waals surface area contributed by atoms with E-state index in [4.69, 9.17) is 0 Å². The van der Waals surface area contributed by atoms with E-state index >= 15 is 0 Å². The molecule has 2 N–H and O–H groups in total. The van der Waals surface area contributed by atoms with Gasteiger partial charge in [0.2, 0.25) is 0 Å². The van der Waals surface area contributed by atoms with Crippen LogP contribution < -0.4 is 10.6 Å². The van der Waals surface area contributed by atoms with E-state index in [-0.39, 0.29) is 41.5 Å². The van der Waals surface area contributed by atoms with Crippen molar-refractivity contribution in [2.24, 2.45) is 4.99 Å². The van der Waals surface area contributed by atoms with Crippen LogP contribution in [0.4, 0.5) is 5.69 Å². The molecule has 0 spiro atoms. The number of sulfone groups is 1. The Hall–Kier alpha value is -1.43. The molecule has 1 aromatic rings. The van der Waals surface area contributed by atoms with Gasteiger partial charge in [-0.2, -0.15) is 0 Å². The van der Waals surface area contributed by atoms with E-state index in [2.05, 4.69) is 15.6 Å². The van der Waals surface area contributed by atoms with Crippen LogP contribution in [-0.4, -0.2) is 50.9 Å². The van der Waals surface area contributed by atoms with Crippen LogP contribution in [-0.2, 0) is 16.3 Å². The summed E-state index contributed by atoms with van der Waals surface area (Å²) in [5.74, 6) is 0.800. The maximum Gasteiger partial charge on any atom is 0.269 e. The summed E-state index contributed by atoms with van der Waals surface area (Å²) in [5, 5.41) is 17.0. The second-order valence-corrected chi connectivity index (χ2v) is 8.60. The molecule has 1 aromatic carbocycles. The zero-order valence-electron chi connectivity index (χ0n) is 16.0. The van der Waals surface area contributed by atoms with Crippen LogP contribution in [0.5, 0.6) is 0 Å². The molecule has 154 valence electrons. The highest BCUT2D eigenvalue weighted by Crippen LogP contribution is 2.13. The van der Waals surface area contributed by atoms with Crippen molar-refractivity contribution in [2.45, 2.75) is 38.6 Å². The quantitative estimate of drug-likeness (QED) is 0.124. The van der Waals surface area contributed by atoms with E-state index < -0.39 is 14.8 Å². The second kappa shape index (κ2) is 12.9. The van der Waals surface area contributed by atoms with E-state index in [1.54, 1.807) is 19.2 Å². The van der Waals surface area contributed by atoms with Crippen molar-refractivity contribution >= 4 is 45.5 Å². The third-order valence-electron chi connectivity index (χ3n) is 3.86. The van der Waals surface area contributed by atoms with E-state index in [1.807, 2.05) is 6.92 Å². The number of nitro benzene ring substituents is 1. The van der Waals surface area contributed by atoms with E-state index in [0.29, 0.717) is 12.4 Å². The highest BCUT2D eigenvalue weighted by Gasteiger charge is 2.09. The first-order chi connectivity index (χ1) is 12.2. The zero-order chi connectivity index (χ0) is 19.6. The minimum absolute atomic E-state index is 0. The van der Waals surface area contributed by atoms with Crippen molar-refractivity contribution in [1.29, 1.82) is 0 Å². The Morgan fingerprint density at radius 1 is 1.26 bits per heavy atom. The first kappa shape index (κ1) is 25.6. The number of benzene rings is 1. The van der Waals surface area contributed by atoms with Gasteiger partial charge in [-0.05, 0) is 38.2 Å². The molecular formula is C17H29IN4O4S. The van der Waals surface area contributed by atoms with Crippen LogP contribution in [0, 0.1) is 10.1 Å². The summed E-state index contributed by atoms with van der Waals surface area (Å²) in [5.41, 5.74) is 1.18. The second-order valence-electron chi connectivity index (χ2n) is 6.34. The van der Waals surface area contributed by atoms with Crippen molar-refractivity contribution in [1.82, 2.24) is 10.6 Å². The molecule has 0 aromatic heterocycles. The standard InChI is InChI=1S/C17H28N4O4S.HI/c1-14(11-13-26(3,24)25)20-17(18-2)19-12-5-4-6-15-7-9-16(10-8-15)21(22)23;/h7-10,14H,4-6,11-13H2,1-3H3,(H2,18,19,20);1H. The lowest BCUT2D eigenvalue weighted by atomic mass is 10.1. The minimum atomic E-state index is -2.96. The van der Waals surface area contributed by atoms with Gasteiger partial charge in [0, 0.05) is 38.0 Å². The topological polar surface area (TPSA) is 114 Å². The Balaban J connectivity index is 0.00000676. The average Bonchev–Trinajstić information content (AvgIpc) is 2.58. The Labute approximate surface area is 178 Å².